The number of fused-ring (bicyclic) bond motifs is 4. The number of carbonyl (C=O) groups is 2. The zero-order valence-corrected chi connectivity index (χ0v) is 19.3. The van der Waals surface area contributed by atoms with Gasteiger partial charge in [0.2, 0.25) is 0 Å². The van der Waals surface area contributed by atoms with E-state index in [0.717, 1.165) is 18.4 Å². The van der Waals surface area contributed by atoms with E-state index in [1.807, 2.05) is 37.3 Å². The van der Waals surface area contributed by atoms with E-state index in [9.17, 15) is 14.7 Å². The van der Waals surface area contributed by atoms with Crippen LogP contribution in [0.5, 0.6) is 0 Å². The number of rotatable bonds is 6. The molecule has 0 spiro atoms. The molecule has 32 heavy (non-hydrogen) atoms. The molecule has 7 atom stereocenters. The summed E-state index contributed by atoms with van der Waals surface area (Å²) in [6.07, 6.45) is 4.72. The van der Waals surface area contributed by atoms with Crippen molar-refractivity contribution in [1.29, 1.82) is 0 Å². The van der Waals surface area contributed by atoms with E-state index >= 15 is 0 Å². The van der Waals surface area contributed by atoms with E-state index < -0.39 is 36.0 Å². The van der Waals surface area contributed by atoms with Crippen LogP contribution in [0.1, 0.15) is 52.5 Å². The Hall–Kier alpha value is -2.18. The molecule has 2 heterocycles. The fraction of sp³-hybridized carbons (Fsp3) is 0.615. The van der Waals surface area contributed by atoms with Crippen molar-refractivity contribution in [3.63, 3.8) is 0 Å². The van der Waals surface area contributed by atoms with Crippen LogP contribution >= 0.6 is 0 Å². The van der Waals surface area contributed by atoms with Gasteiger partial charge in [0, 0.05) is 18.4 Å². The van der Waals surface area contributed by atoms with Gasteiger partial charge in [-0.15, -0.1) is 0 Å². The Balaban J connectivity index is 1.65. The Bertz CT molecular complexity index is 880. The summed E-state index contributed by atoms with van der Waals surface area (Å²) in [6, 6.07) is 9.64. The first kappa shape index (κ1) is 23.0. The highest BCUT2D eigenvalue weighted by atomic mass is 16.6. The summed E-state index contributed by atoms with van der Waals surface area (Å²) < 4.78 is 18.6. The molecular weight excluding hydrogens is 408 g/mol. The van der Waals surface area contributed by atoms with Crippen LogP contribution in [0.25, 0.3) is 6.08 Å². The summed E-state index contributed by atoms with van der Waals surface area (Å²) >= 11 is 0. The lowest BCUT2D eigenvalue weighted by Crippen LogP contribution is -2.62. The van der Waals surface area contributed by atoms with Gasteiger partial charge in [-0.25, -0.2) is 9.59 Å². The summed E-state index contributed by atoms with van der Waals surface area (Å²) in [6.45, 7) is 7.71. The molecule has 4 rings (SSSR count). The molecule has 1 aliphatic carbocycles. The minimum absolute atomic E-state index is 0.0457. The molecule has 2 saturated heterocycles. The largest absolute Gasteiger partial charge is 0.457 e. The molecule has 1 unspecified atom stereocenters. The van der Waals surface area contributed by atoms with Gasteiger partial charge in [-0.2, -0.15) is 0 Å². The third-order valence-corrected chi connectivity index (χ3v) is 8.01. The van der Waals surface area contributed by atoms with Crippen LogP contribution in [0, 0.1) is 23.7 Å². The minimum atomic E-state index is -0.745. The summed E-state index contributed by atoms with van der Waals surface area (Å²) in [5.41, 5.74) is -0.474. The van der Waals surface area contributed by atoms with Gasteiger partial charge >= 0.3 is 11.9 Å². The number of esters is 2. The van der Waals surface area contributed by atoms with Crippen LogP contribution < -0.4 is 0 Å². The predicted molar refractivity (Wildman–Crippen MR) is 119 cm³/mol. The average molecular weight is 443 g/mol. The maximum absolute atomic E-state index is 12.9. The summed E-state index contributed by atoms with van der Waals surface area (Å²) in [7, 11) is 0. The van der Waals surface area contributed by atoms with Crippen molar-refractivity contribution in [1.82, 2.24) is 0 Å². The molecule has 3 fully saturated rings. The fourth-order valence-corrected chi connectivity index (χ4v) is 6.33. The molecule has 0 amide bonds. The second-order valence-corrected chi connectivity index (χ2v) is 10.1. The van der Waals surface area contributed by atoms with Gasteiger partial charge < -0.3 is 19.3 Å². The first-order chi connectivity index (χ1) is 15.2. The highest BCUT2D eigenvalue weighted by Crippen LogP contribution is 2.63. The third kappa shape index (κ3) is 3.77. The number of benzene rings is 1. The van der Waals surface area contributed by atoms with Gasteiger partial charge in [0.05, 0.1) is 0 Å². The molecule has 0 radical (unpaired) electrons. The summed E-state index contributed by atoms with van der Waals surface area (Å²) in [4.78, 5) is 24.9. The molecule has 1 N–H and O–H groups in total. The van der Waals surface area contributed by atoms with Gasteiger partial charge in [0.15, 0.2) is 0 Å². The first-order valence-electron chi connectivity index (χ1n) is 11.7. The Morgan fingerprint density at radius 2 is 1.94 bits per heavy atom. The van der Waals surface area contributed by atoms with E-state index in [2.05, 4.69) is 20.8 Å². The number of aliphatic hydroxyl groups is 1. The number of ether oxygens (including phenoxy) is 3. The lowest BCUT2D eigenvalue weighted by Gasteiger charge is -2.52. The van der Waals surface area contributed by atoms with E-state index in [1.165, 1.54) is 6.08 Å². The third-order valence-electron chi connectivity index (χ3n) is 8.01. The van der Waals surface area contributed by atoms with Crippen molar-refractivity contribution >= 4 is 18.0 Å². The van der Waals surface area contributed by atoms with Crippen LogP contribution in [0.3, 0.4) is 0 Å². The van der Waals surface area contributed by atoms with Gasteiger partial charge in [0.1, 0.15) is 30.0 Å². The summed E-state index contributed by atoms with van der Waals surface area (Å²) in [5, 5.41) is 9.25. The first-order valence-corrected chi connectivity index (χ1v) is 11.7. The maximum Gasteiger partial charge on any atom is 0.332 e. The molecule has 2 bridgehead atoms. The molecule has 6 nitrogen and oxygen atoms in total. The van der Waals surface area contributed by atoms with Gasteiger partial charge in [-0.05, 0) is 49.2 Å². The SMILES string of the molecule is CC(C)C12C[C@@H](OC(=O)CO)[C@@](C)(O1)[C@@H]1CC[C@@H](C)[C@H]1[C@@H]2OC(=O)C=Cc1ccccc1. The molecular formula is C26H34O6. The fourth-order valence-electron chi connectivity index (χ4n) is 6.33. The Morgan fingerprint density at radius 1 is 1.22 bits per heavy atom. The zero-order chi connectivity index (χ0) is 23.1. The van der Waals surface area contributed by atoms with E-state index in [4.69, 9.17) is 14.2 Å². The van der Waals surface area contributed by atoms with Crippen LogP contribution in [-0.4, -0.2) is 47.1 Å². The standard InChI is InChI=1S/C26H34O6/c1-16(2)26-14-20(30-22(29)15-27)25(4,32-26)19-12-10-17(3)23(19)24(26)31-21(28)13-11-18-8-6-5-7-9-18/h5-9,11,13,16-17,19-20,23-24,27H,10,12,14-15H2,1-4H3/t17-,19-,20-,23-,24+,25+,26?/m1/s1. The lowest BCUT2D eigenvalue weighted by atomic mass is 9.69. The Morgan fingerprint density at radius 3 is 2.59 bits per heavy atom. The quantitative estimate of drug-likeness (QED) is 0.534. The van der Waals surface area contributed by atoms with E-state index in [-0.39, 0.29) is 23.7 Å². The van der Waals surface area contributed by atoms with E-state index in [1.54, 1.807) is 6.08 Å². The highest BCUT2D eigenvalue weighted by Gasteiger charge is 2.72. The van der Waals surface area contributed by atoms with Crippen LogP contribution in [-0.2, 0) is 23.8 Å². The second-order valence-electron chi connectivity index (χ2n) is 10.1. The van der Waals surface area contributed by atoms with Gasteiger partial charge in [-0.1, -0.05) is 51.1 Å². The lowest BCUT2D eigenvalue weighted by molar-refractivity contribution is -0.264. The molecule has 1 aromatic rings. The molecule has 174 valence electrons. The summed E-state index contributed by atoms with van der Waals surface area (Å²) in [5.74, 6) is -0.385. The van der Waals surface area contributed by atoms with Crippen molar-refractivity contribution < 1.29 is 28.9 Å². The number of hydrogen-bond acceptors (Lipinski definition) is 6. The van der Waals surface area contributed by atoms with E-state index in [0.29, 0.717) is 12.3 Å². The zero-order valence-electron chi connectivity index (χ0n) is 19.3. The minimum Gasteiger partial charge on any atom is -0.457 e. The van der Waals surface area contributed by atoms with Crippen molar-refractivity contribution in [3.05, 3.63) is 42.0 Å². The molecule has 1 saturated carbocycles. The van der Waals surface area contributed by atoms with Gasteiger partial charge in [-0.3, -0.25) is 0 Å². The molecule has 3 aliphatic rings. The van der Waals surface area contributed by atoms with Crippen molar-refractivity contribution in [2.24, 2.45) is 23.7 Å². The Kier molecular flexibility index (Phi) is 6.21. The Labute approximate surface area is 189 Å². The van der Waals surface area contributed by atoms with Crippen molar-refractivity contribution in [2.45, 2.75) is 70.4 Å². The van der Waals surface area contributed by atoms with Crippen LogP contribution in [0.2, 0.25) is 0 Å². The monoisotopic (exact) mass is 442 g/mol. The molecule has 1 aromatic carbocycles. The van der Waals surface area contributed by atoms with Gasteiger partial charge in [0.25, 0.3) is 0 Å². The number of aliphatic hydroxyl groups excluding tert-OH is 1. The number of carbonyl (C=O) groups excluding carboxylic acids is 2. The normalized spacial score (nSPS) is 38.1. The molecule has 2 aliphatic heterocycles. The smallest absolute Gasteiger partial charge is 0.332 e. The number of hydrogen-bond donors (Lipinski definition) is 1. The predicted octanol–water partition coefficient (Wildman–Crippen LogP) is 3.77. The average Bonchev–Trinajstić information content (AvgIpc) is 3.28. The van der Waals surface area contributed by atoms with Crippen LogP contribution in [0.4, 0.5) is 0 Å². The molecule has 0 aromatic heterocycles. The second kappa shape index (κ2) is 8.64. The van der Waals surface area contributed by atoms with Crippen molar-refractivity contribution in [2.75, 3.05) is 6.61 Å². The van der Waals surface area contributed by atoms with Crippen LogP contribution in [0.15, 0.2) is 36.4 Å². The van der Waals surface area contributed by atoms with Crippen molar-refractivity contribution in [3.8, 4) is 0 Å². The molecule has 6 heteroatoms. The maximum atomic E-state index is 12.9. The highest BCUT2D eigenvalue weighted by molar-refractivity contribution is 5.87. The topological polar surface area (TPSA) is 82.1 Å².